The van der Waals surface area contributed by atoms with Crippen molar-refractivity contribution in [3.63, 3.8) is 0 Å². The van der Waals surface area contributed by atoms with Crippen molar-refractivity contribution in [3.05, 3.63) is 58.7 Å². The zero-order valence-corrected chi connectivity index (χ0v) is 12.8. The minimum atomic E-state index is -0.716. The fourth-order valence-electron chi connectivity index (χ4n) is 2.70. The van der Waals surface area contributed by atoms with Gasteiger partial charge in [-0.05, 0) is 42.7 Å². The largest absolute Gasteiger partial charge is 0.385 e. The minimum Gasteiger partial charge on any atom is -0.385 e. The van der Waals surface area contributed by atoms with E-state index in [4.69, 9.17) is 0 Å². The molecule has 1 aliphatic heterocycles. The van der Waals surface area contributed by atoms with E-state index in [1.54, 1.807) is 0 Å². The molecule has 0 bridgehead atoms. The quantitative estimate of drug-likeness (QED) is 0.916. The summed E-state index contributed by atoms with van der Waals surface area (Å²) in [5.74, 6) is 0.991. The second-order valence-electron chi connectivity index (χ2n) is 5.21. The van der Waals surface area contributed by atoms with Crippen LogP contribution in [0.4, 0.5) is 5.82 Å². The van der Waals surface area contributed by atoms with Gasteiger partial charge in [-0.25, -0.2) is 4.98 Å². The number of piperidine rings is 1. The van der Waals surface area contributed by atoms with Crippen LogP contribution < -0.4 is 4.90 Å². The molecule has 0 aliphatic carbocycles. The van der Waals surface area contributed by atoms with Gasteiger partial charge in [-0.2, -0.15) is 0 Å². The third-order valence-electron chi connectivity index (χ3n) is 3.95. The molecule has 104 valence electrons. The number of benzene rings is 1. The van der Waals surface area contributed by atoms with Crippen LogP contribution >= 0.6 is 15.9 Å². The van der Waals surface area contributed by atoms with Gasteiger partial charge in [0.15, 0.2) is 0 Å². The van der Waals surface area contributed by atoms with Crippen LogP contribution in [0.15, 0.2) is 53.1 Å². The Morgan fingerprint density at radius 3 is 2.35 bits per heavy atom. The standard InChI is InChI=1S/C16H17BrN2O/c17-14-6-4-13(5-7-14)16(20)8-11-19(12-9-16)15-3-1-2-10-18-15/h1-7,10,20H,8-9,11-12H2. The topological polar surface area (TPSA) is 36.4 Å². The fourth-order valence-corrected chi connectivity index (χ4v) is 2.96. The number of halogens is 1. The third kappa shape index (κ3) is 2.72. The summed E-state index contributed by atoms with van der Waals surface area (Å²) in [5.41, 5.74) is 0.285. The molecule has 3 rings (SSSR count). The monoisotopic (exact) mass is 332 g/mol. The van der Waals surface area contributed by atoms with E-state index in [0.717, 1.165) is 41.8 Å². The molecule has 2 aromatic rings. The Labute approximate surface area is 127 Å². The maximum Gasteiger partial charge on any atom is 0.128 e. The Morgan fingerprint density at radius 2 is 1.75 bits per heavy atom. The zero-order valence-electron chi connectivity index (χ0n) is 11.2. The van der Waals surface area contributed by atoms with Gasteiger partial charge in [0.2, 0.25) is 0 Å². The van der Waals surface area contributed by atoms with Crippen LogP contribution in [-0.4, -0.2) is 23.2 Å². The minimum absolute atomic E-state index is 0.716. The highest BCUT2D eigenvalue weighted by molar-refractivity contribution is 9.10. The van der Waals surface area contributed by atoms with Gasteiger partial charge in [0.1, 0.15) is 5.82 Å². The summed E-state index contributed by atoms with van der Waals surface area (Å²) in [4.78, 5) is 6.60. The molecule has 1 saturated heterocycles. The summed E-state index contributed by atoms with van der Waals surface area (Å²) in [6.07, 6.45) is 3.27. The van der Waals surface area contributed by atoms with E-state index in [2.05, 4.69) is 25.8 Å². The molecule has 0 spiro atoms. The number of anilines is 1. The van der Waals surface area contributed by atoms with Crippen LogP contribution in [0.5, 0.6) is 0 Å². The van der Waals surface area contributed by atoms with E-state index in [-0.39, 0.29) is 0 Å². The molecule has 2 heterocycles. The molecule has 1 aromatic carbocycles. The number of nitrogens with zero attached hydrogens (tertiary/aromatic N) is 2. The molecule has 0 unspecified atom stereocenters. The molecule has 1 aliphatic rings. The van der Waals surface area contributed by atoms with E-state index >= 15 is 0 Å². The van der Waals surface area contributed by atoms with E-state index in [0.29, 0.717) is 0 Å². The van der Waals surface area contributed by atoms with Crippen molar-refractivity contribution in [2.24, 2.45) is 0 Å². The molecule has 0 atom stereocenters. The van der Waals surface area contributed by atoms with Crippen LogP contribution in [0.3, 0.4) is 0 Å². The molecule has 1 fully saturated rings. The second-order valence-corrected chi connectivity index (χ2v) is 6.13. The van der Waals surface area contributed by atoms with Crippen LogP contribution in [0.2, 0.25) is 0 Å². The van der Waals surface area contributed by atoms with Crippen LogP contribution in [0, 0.1) is 0 Å². The first-order valence-electron chi connectivity index (χ1n) is 6.82. The normalized spacial score (nSPS) is 18.0. The molecular formula is C16H17BrN2O. The van der Waals surface area contributed by atoms with Crippen LogP contribution in [0.1, 0.15) is 18.4 Å². The lowest BCUT2D eigenvalue weighted by Gasteiger charge is -2.39. The molecule has 1 aromatic heterocycles. The first-order chi connectivity index (χ1) is 9.67. The number of hydrogen-bond donors (Lipinski definition) is 1. The smallest absolute Gasteiger partial charge is 0.128 e. The van der Waals surface area contributed by atoms with Crippen LogP contribution in [0.25, 0.3) is 0 Å². The first kappa shape index (κ1) is 13.6. The predicted octanol–water partition coefficient (Wildman–Crippen LogP) is 3.33. The van der Waals surface area contributed by atoms with Crippen molar-refractivity contribution in [2.75, 3.05) is 18.0 Å². The number of pyridine rings is 1. The summed E-state index contributed by atoms with van der Waals surface area (Å²) in [5, 5.41) is 10.8. The van der Waals surface area contributed by atoms with Gasteiger partial charge < -0.3 is 10.0 Å². The van der Waals surface area contributed by atoms with Crippen molar-refractivity contribution in [3.8, 4) is 0 Å². The third-order valence-corrected chi connectivity index (χ3v) is 4.47. The average Bonchev–Trinajstić information content (AvgIpc) is 2.49. The molecule has 1 N–H and O–H groups in total. The molecule has 0 amide bonds. The highest BCUT2D eigenvalue weighted by atomic mass is 79.9. The SMILES string of the molecule is OC1(c2ccc(Br)cc2)CCN(c2ccccn2)CC1. The number of aromatic nitrogens is 1. The van der Waals surface area contributed by atoms with Crippen molar-refractivity contribution < 1.29 is 5.11 Å². The molecule has 0 radical (unpaired) electrons. The predicted molar refractivity (Wildman–Crippen MR) is 83.7 cm³/mol. The Balaban J connectivity index is 1.73. The number of hydrogen-bond acceptors (Lipinski definition) is 3. The molecule has 4 heteroatoms. The Bertz CT molecular complexity index is 563. The van der Waals surface area contributed by atoms with E-state index < -0.39 is 5.60 Å². The van der Waals surface area contributed by atoms with Gasteiger partial charge in [-0.3, -0.25) is 0 Å². The summed E-state index contributed by atoms with van der Waals surface area (Å²) < 4.78 is 1.04. The number of rotatable bonds is 2. The van der Waals surface area contributed by atoms with Gasteiger partial charge in [-0.1, -0.05) is 34.1 Å². The van der Waals surface area contributed by atoms with Gasteiger partial charge in [-0.15, -0.1) is 0 Å². The summed E-state index contributed by atoms with van der Waals surface area (Å²) in [7, 11) is 0. The van der Waals surface area contributed by atoms with Gasteiger partial charge >= 0.3 is 0 Å². The average molecular weight is 333 g/mol. The summed E-state index contributed by atoms with van der Waals surface area (Å²) in [6, 6.07) is 13.9. The van der Waals surface area contributed by atoms with Crippen molar-refractivity contribution in [1.82, 2.24) is 4.98 Å². The highest BCUT2D eigenvalue weighted by Gasteiger charge is 2.34. The maximum absolute atomic E-state index is 10.8. The first-order valence-corrected chi connectivity index (χ1v) is 7.61. The molecule has 0 saturated carbocycles. The number of aliphatic hydroxyl groups is 1. The second kappa shape index (κ2) is 5.54. The van der Waals surface area contributed by atoms with E-state index in [1.165, 1.54) is 0 Å². The van der Waals surface area contributed by atoms with E-state index in [1.807, 2.05) is 48.7 Å². The van der Waals surface area contributed by atoms with Crippen molar-refractivity contribution >= 4 is 21.7 Å². The molecule has 3 nitrogen and oxygen atoms in total. The van der Waals surface area contributed by atoms with Crippen molar-refractivity contribution in [2.45, 2.75) is 18.4 Å². The Hall–Kier alpha value is -1.39. The highest BCUT2D eigenvalue weighted by Crippen LogP contribution is 2.34. The van der Waals surface area contributed by atoms with Gasteiger partial charge in [0.25, 0.3) is 0 Å². The molecule has 20 heavy (non-hydrogen) atoms. The van der Waals surface area contributed by atoms with Crippen LogP contribution in [-0.2, 0) is 5.60 Å². The Kier molecular flexibility index (Phi) is 3.76. The van der Waals surface area contributed by atoms with Crippen molar-refractivity contribution in [1.29, 1.82) is 0 Å². The lowest BCUT2D eigenvalue weighted by molar-refractivity contribution is 0.0116. The lowest BCUT2D eigenvalue weighted by Crippen LogP contribution is -2.42. The fraction of sp³-hybridized carbons (Fsp3) is 0.312. The Morgan fingerprint density at radius 1 is 1.05 bits per heavy atom. The maximum atomic E-state index is 10.8. The zero-order chi connectivity index (χ0) is 14.0. The lowest BCUT2D eigenvalue weighted by atomic mass is 9.84. The summed E-state index contributed by atoms with van der Waals surface area (Å²) >= 11 is 3.43. The van der Waals surface area contributed by atoms with Gasteiger partial charge in [0.05, 0.1) is 5.60 Å². The summed E-state index contributed by atoms with van der Waals surface area (Å²) in [6.45, 7) is 1.65. The van der Waals surface area contributed by atoms with E-state index in [9.17, 15) is 5.11 Å². The van der Waals surface area contributed by atoms with Gasteiger partial charge in [0, 0.05) is 23.8 Å². The molecular weight excluding hydrogens is 316 g/mol.